The van der Waals surface area contributed by atoms with Crippen molar-refractivity contribution in [2.75, 3.05) is 27.2 Å². The Morgan fingerprint density at radius 1 is 1.15 bits per heavy atom. The quantitative estimate of drug-likeness (QED) is 0.345. The molecule has 6 N–H and O–H groups in total. The fourth-order valence-corrected chi connectivity index (χ4v) is 7.00. The molecule has 0 unspecified atom stereocenters. The molecule has 216 valence electrons. The van der Waals surface area contributed by atoms with E-state index in [4.69, 9.17) is 5.73 Å². The van der Waals surface area contributed by atoms with Gasteiger partial charge in [-0.2, -0.15) is 0 Å². The van der Waals surface area contributed by atoms with Gasteiger partial charge in [-0.3, -0.25) is 24.2 Å². The second kappa shape index (κ2) is 9.35. The highest BCUT2D eigenvalue weighted by molar-refractivity contribution is 6.24. The summed E-state index contributed by atoms with van der Waals surface area (Å²) in [5.41, 5.74) is 2.31. The molecular weight excluding hydrogens is 528 g/mol. The van der Waals surface area contributed by atoms with E-state index in [9.17, 15) is 43.6 Å². The molecule has 0 aromatic heterocycles. The summed E-state index contributed by atoms with van der Waals surface area (Å²) in [4.78, 5) is 42.7. The van der Waals surface area contributed by atoms with Gasteiger partial charge in [-0.15, -0.1) is 0 Å². The Morgan fingerprint density at radius 3 is 2.35 bits per heavy atom. The fraction of sp³-hybridized carbons (Fsp3) is 0.536. The standard InChI is InChI=1S/C28H33F2N3O7/c1-12-14-5-4-13(11-33-8-6-27(29,30)7-9-33)21(34)17(14)22(35)18-15(12)10-16-20(32(2)3)23(36)19(26(31)39)25(38)28(16,40)24(18)37/h4-5,12,15-16,20,34,36-37,40H,6-11H2,1-3H3,(H2,31,39)/t12-,15+,16-,20-,28-/m0/s1. The lowest BCUT2D eigenvalue weighted by Crippen LogP contribution is -2.64. The number of aromatic hydroxyl groups is 1. The molecule has 1 heterocycles. The lowest BCUT2D eigenvalue weighted by Gasteiger charge is -2.51. The minimum atomic E-state index is -2.74. The molecule has 1 amide bonds. The number of alkyl halides is 2. The first-order valence-corrected chi connectivity index (χ1v) is 13.2. The zero-order chi connectivity index (χ0) is 29.5. The van der Waals surface area contributed by atoms with Gasteiger partial charge in [0, 0.05) is 49.5 Å². The predicted octanol–water partition coefficient (Wildman–Crippen LogP) is 1.91. The van der Waals surface area contributed by atoms with Gasteiger partial charge in [0.05, 0.1) is 11.6 Å². The molecule has 1 saturated heterocycles. The number of phenolic OH excluding ortho intramolecular Hbond substituents is 1. The SMILES string of the molecule is C[C@H]1c2ccc(CN3CCC(F)(F)CC3)c(O)c2C(=O)C2=C(O)[C@]3(O)C(=O)C(C(N)=O)=C(O)[C@@H](N(C)C)[C@@H]3C[C@@H]21. The van der Waals surface area contributed by atoms with E-state index in [0.717, 1.165) is 0 Å². The zero-order valence-electron chi connectivity index (χ0n) is 22.4. The largest absolute Gasteiger partial charge is 0.510 e. The topological polar surface area (TPSA) is 165 Å². The lowest BCUT2D eigenvalue weighted by molar-refractivity contribution is -0.148. The highest BCUT2D eigenvalue weighted by atomic mass is 19.3. The number of carbonyl (C=O) groups excluding carboxylic acids is 3. The van der Waals surface area contributed by atoms with Crippen LogP contribution in [0.2, 0.25) is 0 Å². The Kier molecular flexibility index (Phi) is 6.59. The molecular formula is C28H33F2N3O7. The number of Topliss-reactive ketones (excluding diaryl/α,β-unsaturated/α-hetero) is 2. The molecule has 10 nitrogen and oxygen atoms in total. The first-order chi connectivity index (χ1) is 18.6. The third-order valence-electron chi connectivity index (χ3n) is 9.17. The van der Waals surface area contributed by atoms with Crippen LogP contribution in [0.15, 0.2) is 34.8 Å². The van der Waals surface area contributed by atoms with Crippen LogP contribution in [0.1, 0.15) is 53.6 Å². The number of rotatable bonds is 4. The van der Waals surface area contributed by atoms with Crippen molar-refractivity contribution < 1.29 is 43.6 Å². The van der Waals surface area contributed by atoms with Gasteiger partial charge < -0.3 is 26.2 Å². The van der Waals surface area contributed by atoms with Crippen LogP contribution in [-0.4, -0.2) is 92.4 Å². The van der Waals surface area contributed by atoms with Crippen LogP contribution in [0.3, 0.4) is 0 Å². The number of benzene rings is 1. The summed E-state index contributed by atoms with van der Waals surface area (Å²) in [6.45, 7) is 2.16. The molecule has 0 spiro atoms. The fourth-order valence-electron chi connectivity index (χ4n) is 7.00. The molecule has 5 atom stereocenters. The van der Waals surface area contributed by atoms with Crippen molar-refractivity contribution >= 4 is 17.5 Å². The Bertz CT molecular complexity index is 1380. The summed E-state index contributed by atoms with van der Waals surface area (Å²) in [7, 11) is 3.14. The van der Waals surface area contributed by atoms with Crippen LogP contribution >= 0.6 is 0 Å². The number of hydrogen-bond acceptors (Lipinski definition) is 9. The Labute approximate surface area is 229 Å². The molecule has 40 heavy (non-hydrogen) atoms. The van der Waals surface area contributed by atoms with Crippen LogP contribution in [0, 0.1) is 11.8 Å². The first-order valence-electron chi connectivity index (χ1n) is 13.2. The second-order valence-electron chi connectivity index (χ2n) is 11.6. The molecule has 3 aliphatic carbocycles. The highest BCUT2D eigenvalue weighted by Crippen LogP contribution is 2.55. The number of likely N-dealkylation sites (tertiary alicyclic amines) is 1. The number of halogens is 2. The third kappa shape index (κ3) is 3.95. The average Bonchev–Trinajstić information content (AvgIpc) is 2.86. The van der Waals surface area contributed by atoms with Crippen molar-refractivity contribution in [3.63, 3.8) is 0 Å². The number of piperidine rings is 1. The van der Waals surface area contributed by atoms with E-state index < -0.39 is 69.9 Å². The van der Waals surface area contributed by atoms with E-state index >= 15 is 0 Å². The highest BCUT2D eigenvalue weighted by Gasteiger charge is 2.64. The number of ketones is 2. The summed E-state index contributed by atoms with van der Waals surface area (Å²) in [5.74, 6) is -10.2. The maximum Gasteiger partial charge on any atom is 0.255 e. The van der Waals surface area contributed by atoms with Gasteiger partial charge in [0.15, 0.2) is 11.4 Å². The molecule has 0 radical (unpaired) electrons. The molecule has 12 heteroatoms. The van der Waals surface area contributed by atoms with Crippen LogP contribution < -0.4 is 5.73 Å². The number of hydrogen-bond donors (Lipinski definition) is 5. The number of primary amides is 1. The van der Waals surface area contributed by atoms with E-state index in [1.807, 2.05) is 0 Å². The van der Waals surface area contributed by atoms with Crippen molar-refractivity contribution in [3.8, 4) is 5.75 Å². The number of carbonyl (C=O) groups is 3. The maximum absolute atomic E-state index is 13.9. The maximum atomic E-state index is 13.9. The van der Waals surface area contributed by atoms with Crippen LogP contribution in [0.5, 0.6) is 5.75 Å². The second-order valence-corrected chi connectivity index (χ2v) is 11.6. The minimum absolute atomic E-state index is 0.00255. The number of likely N-dealkylation sites (N-methyl/N-ethyl adjacent to an activating group) is 1. The Balaban J connectivity index is 1.60. The van der Waals surface area contributed by atoms with Crippen LogP contribution in [-0.2, 0) is 16.1 Å². The molecule has 1 aliphatic heterocycles. The Morgan fingerprint density at radius 2 is 1.77 bits per heavy atom. The van der Waals surface area contributed by atoms with Crippen molar-refractivity contribution in [2.24, 2.45) is 17.6 Å². The summed E-state index contributed by atoms with van der Waals surface area (Å²) < 4.78 is 27.2. The van der Waals surface area contributed by atoms with E-state index in [-0.39, 0.29) is 55.8 Å². The molecule has 0 bridgehead atoms. The number of amides is 1. The number of nitrogens with two attached hydrogens (primary N) is 1. The predicted molar refractivity (Wildman–Crippen MR) is 138 cm³/mol. The van der Waals surface area contributed by atoms with E-state index in [1.54, 1.807) is 38.1 Å². The van der Waals surface area contributed by atoms with E-state index in [0.29, 0.717) is 11.1 Å². The van der Waals surface area contributed by atoms with Gasteiger partial charge in [0.1, 0.15) is 22.8 Å². The molecule has 1 aromatic carbocycles. The van der Waals surface area contributed by atoms with Gasteiger partial charge in [-0.1, -0.05) is 19.1 Å². The number of aliphatic hydroxyl groups is 3. The molecule has 1 aromatic rings. The number of phenols is 1. The summed E-state index contributed by atoms with van der Waals surface area (Å²) in [5, 5.41) is 45.2. The Hall–Kier alpha value is -3.35. The monoisotopic (exact) mass is 561 g/mol. The average molecular weight is 562 g/mol. The van der Waals surface area contributed by atoms with Crippen molar-refractivity contribution in [1.82, 2.24) is 9.80 Å². The van der Waals surface area contributed by atoms with Crippen LogP contribution in [0.4, 0.5) is 8.78 Å². The van der Waals surface area contributed by atoms with Crippen molar-refractivity contribution in [1.29, 1.82) is 0 Å². The van der Waals surface area contributed by atoms with Gasteiger partial charge in [-0.25, -0.2) is 8.78 Å². The molecule has 1 fully saturated rings. The summed E-state index contributed by atoms with van der Waals surface area (Å²) in [6.07, 6.45) is -0.621. The van der Waals surface area contributed by atoms with E-state index in [1.165, 1.54) is 4.90 Å². The third-order valence-corrected chi connectivity index (χ3v) is 9.17. The number of allylic oxidation sites excluding steroid dienone is 1. The first kappa shape index (κ1) is 28.2. The zero-order valence-corrected chi connectivity index (χ0v) is 22.4. The van der Waals surface area contributed by atoms with Gasteiger partial charge in [0.25, 0.3) is 11.8 Å². The van der Waals surface area contributed by atoms with Gasteiger partial charge in [-0.05, 0) is 37.9 Å². The molecule has 5 rings (SSSR count). The summed E-state index contributed by atoms with van der Waals surface area (Å²) >= 11 is 0. The number of fused-ring (bicyclic) bond motifs is 3. The smallest absolute Gasteiger partial charge is 0.255 e. The van der Waals surface area contributed by atoms with E-state index in [2.05, 4.69) is 0 Å². The number of aliphatic hydroxyl groups excluding tert-OH is 2. The molecule has 4 aliphatic rings. The van der Waals surface area contributed by atoms with Crippen LogP contribution in [0.25, 0.3) is 0 Å². The minimum Gasteiger partial charge on any atom is -0.510 e. The molecule has 0 saturated carbocycles. The van der Waals surface area contributed by atoms with Gasteiger partial charge >= 0.3 is 0 Å². The number of nitrogens with zero attached hydrogens (tertiary/aromatic N) is 2. The van der Waals surface area contributed by atoms with Gasteiger partial charge in [0.2, 0.25) is 5.78 Å². The van der Waals surface area contributed by atoms with Crippen molar-refractivity contribution in [3.05, 3.63) is 51.5 Å². The lowest BCUT2D eigenvalue weighted by atomic mass is 9.56. The van der Waals surface area contributed by atoms with Crippen molar-refractivity contribution in [2.45, 2.75) is 56.2 Å². The summed E-state index contributed by atoms with van der Waals surface area (Å²) in [6, 6.07) is 2.28. The normalized spacial score (nSPS) is 32.2.